The average Bonchev–Trinajstić information content (AvgIpc) is 2.51. The maximum absolute atomic E-state index is 13.3. The van der Waals surface area contributed by atoms with Gasteiger partial charge in [0.05, 0.1) is 10.0 Å². The lowest BCUT2D eigenvalue weighted by Crippen LogP contribution is -2.37. The third-order valence-electron chi connectivity index (χ3n) is 3.43. The van der Waals surface area contributed by atoms with Gasteiger partial charge in [-0.1, -0.05) is 53.5 Å². The Hall–Kier alpha value is -0.890. The van der Waals surface area contributed by atoms with E-state index in [4.69, 9.17) is 28.9 Å². The Morgan fingerprint density at radius 3 is 2.12 bits per heavy atom. The van der Waals surface area contributed by atoms with Crippen LogP contribution in [0.2, 0.25) is 10.0 Å². The molecular weight excluding hydrogens is 410 g/mol. The fourth-order valence-electron chi connectivity index (χ4n) is 2.30. The summed E-state index contributed by atoms with van der Waals surface area (Å²) in [4.78, 5) is -0.297. The highest BCUT2D eigenvalue weighted by molar-refractivity contribution is 7.89. The lowest BCUT2D eigenvalue weighted by atomic mass is 10.1. The van der Waals surface area contributed by atoms with E-state index in [-0.39, 0.29) is 47.0 Å². The fourth-order valence-corrected chi connectivity index (χ4v) is 4.89. The molecule has 0 aliphatic carbocycles. The minimum Gasteiger partial charge on any atom is -0.329 e. The molecule has 0 aliphatic heterocycles. The molecule has 0 spiro atoms. The van der Waals surface area contributed by atoms with Gasteiger partial charge in [-0.25, -0.2) is 12.8 Å². The van der Waals surface area contributed by atoms with Gasteiger partial charge in [-0.2, -0.15) is 4.31 Å². The normalized spacial score (nSPS) is 11.4. The molecule has 25 heavy (non-hydrogen) atoms. The van der Waals surface area contributed by atoms with Crippen LogP contribution in [0, 0.1) is 5.82 Å². The first kappa shape index (κ1) is 22.2. The number of nitrogens with two attached hydrogens (primary N) is 1. The summed E-state index contributed by atoms with van der Waals surface area (Å²) in [6, 6.07) is 11.3. The fraction of sp³-hybridized carbons (Fsp3) is 0.250. The van der Waals surface area contributed by atoms with Gasteiger partial charge >= 0.3 is 0 Å². The molecule has 2 rings (SSSR count). The van der Waals surface area contributed by atoms with E-state index >= 15 is 0 Å². The van der Waals surface area contributed by atoms with Crippen molar-refractivity contribution in [1.29, 1.82) is 0 Å². The summed E-state index contributed by atoms with van der Waals surface area (Å²) >= 11 is 11.8. The summed E-state index contributed by atoms with van der Waals surface area (Å²) in [6.45, 7) is 0.469. The highest BCUT2D eigenvalue weighted by atomic mass is 35.5. The summed E-state index contributed by atoms with van der Waals surface area (Å²) in [6.07, 6.45) is 0.510. The molecule has 0 radical (unpaired) electrons. The Morgan fingerprint density at radius 2 is 1.60 bits per heavy atom. The first-order valence-corrected chi connectivity index (χ1v) is 9.44. The zero-order valence-electron chi connectivity index (χ0n) is 13.2. The molecule has 0 aliphatic rings. The van der Waals surface area contributed by atoms with Crippen molar-refractivity contribution in [3.8, 4) is 0 Å². The molecule has 2 N–H and O–H groups in total. The predicted molar refractivity (Wildman–Crippen MR) is 102 cm³/mol. The summed E-state index contributed by atoms with van der Waals surface area (Å²) in [5.74, 6) is -0.696. The highest BCUT2D eigenvalue weighted by Gasteiger charge is 2.29. The van der Waals surface area contributed by atoms with Gasteiger partial charge in [-0.3, -0.25) is 0 Å². The Balaban J connectivity index is 0.00000312. The molecule has 0 saturated heterocycles. The van der Waals surface area contributed by atoms with Crippen molar-refractivity contribution in [2.45, 2.75) is 11.3 Å². The SMILES string of the molecule is Cl.NCCN(CCc1ccccc1)S(=O)(=O)c1c(Cl)cc(F)cc1Cl. The van der Waals surface area contributed by atoms with Crippen LogP contribution in [0.3, 0.4) is 0 Å². The van der Waals surface area contributed by atoms with Crippen molar-refractivity contribution in [2.75, 3.05) is 19.6 Å². The minimum absolute atomic E-state index is 0. The first-order valence-electron chi connectivity index (χ1n) is 7.25. The number of halogens is 4. The van der Waals surface area contributed by atoms with Gasteiger partial charge in [0.25, 0.3) is 0 Å². The van der Waals surface area contributed by atoms with Crippen LogP contribution in [-0.2, 0) is 16.4 Å². The van der Waals surface area contributed by atoms with Crippen molar-refractivity contribution in [3.05, 3.63) is 63.9 Å². The van der Waals surface area contributed by atoms with Crippen LogP contribution in [0.5, 0.6) is 0 Å². The molecule has 0 unspecified atom stereocenters. The lowest BCUT2D eigenvalue weighted by Gasteiger charge is -2.23. The number of rotatable bonds is 7. The van der Waals surface area contributed by atoms with Crippen LogP contribution < -0.4 is 5.73 Å². The van der Waals surface area contributed by atoms with Crippen LogP contribution >= 0.6 is 35.6 Å². The topological polar surface area (TPSA) is 63.4 Å². The molecule has 0 fully saturated rings. The Kier molecular flexibility index (Phi) is 8.60. The van der Waals surface area contributed by atoms with Gasteiger partial charge in [0.1, 0.15) is 10.7 Å². The second-order valence-corrected chi connectivity index (χ2v) is 7.82. The van der Waals surface area contributed by atoms with E-state index in [9.17, 15) is 12.8 Å². The Morgan fingerprint density at radius 1 is 1.04 bits per heavy atom. The molecule has 138 valence electrons. The average molecular weight is 428 g/mol. The number of hydrogen-bond donors (Lipinski definition) is 1. The van der Waals surface area contributed by atoms with E-state index in [1.807, 2.05) is 30.3 Å². The Bertz CT molecular complexity index is 781. The van der Waals surface area contributed by atoms with Gasteiger partial charge in [0.2, 0.25) is 10.0 Å². The quantitative estimate of drug-likeness (QED) is 0.732. The molecule has 0 saturated carbocycles. The lowest BCUT2D eigenvalue weighted by molar-refractivity contribution is 0.421. The van der Waals surface area contributed by atoms with Crippen molar-refractivity contribution in [2.24, 2.45) is 5.73 Å². The number of hydrogen-bond acceptors (Lipinski definition) is 3. The van der Waals surface area contributed by atoms with Crippen LogP contribution in [0.1, 0.15) is 5.56 Å². The van der Waals surface area contributed by atoms with E-state index in [0.29, 0.717) is 6.42 Å². The van der Waals surface area contributed by atoms with Gasteiger partial charge < -0.3 is 5.73 Å². The summed E-state index contributed by atoms with van der Waals surface area (Å²) in [5, 5.41) is -0.497. The molecular formula is C16H18Cl3FN2O2S. The minimum atomic E-state index is -3.99. The molecule has 0 amide bonds. The molecule has 2 aromatic carbocycles. The van der Waals surface area contributed by atoms with Crippen molar-refractivity contribution in [3.63, 3.8) is 0 Å². The predicted octanol–water partition coefficient (Wildman–Crippen LogP) is 3.75. The van der Waals surface area contributed by atoms with Crippen LogP contribution in [-0.4, -0.2) is 32.4 Å². The van der Waals surface area contributed by atoms with Gasteiger partial charge in [0.15, 0.2) is 0 Å². The van der Waals surface area contributed by atoms with Gasteiger partial charge in [-0.05, 0) is 24.1 Å². The number of benzene rings is 2. The second kappa shape index (κ2) is 9.71. The van der Waals surface area contributed by atoms with E-state index in [1.165, 1.54) is 4.31 Å². The van der Waals surface area contributed by atoms with E-state index < -0.39 is 15.8 Å². The standard InChI is InChI=1S/C16H17Cl2FN2O2S.ClH/c17-14-10-13(19)11-15(18)16(14)24(22,23)21(9-7-20)8-6-12-4-2-1-3-5-12;/h1-5,10-11H,6-9,20H2;1H. The summed E-state index contributed by atoms with van der Waals surface area (Å²) < 4.78 is 40.3. The summed E-state index contributed by atoms with van der Waals surface area (Å²) in [5.41, 5.74) is 6.53. The molecule has 2 aromatic rings. The van der Waals surface area contributed by atoms with E-state index in [2.05, 4.69) is 0 Å². The maximum atomic E-state index is 13.3. The molecule has 0 aromatic heterocycles. The zero-order valence-corrected chi connectivity index (χ0v) is 16.3. The molecule has 4 nitrogen and oxygen atoms in total. The van der Waals surface area contributed by atoms with Gasteiger partial charge in [-0.15, -0.1) is 12.4 Å². The third kappa shape index (κ3) is 5.54. The molecule has 0 atom stereocenters. The van der Waals surface area contributed by atoms with E-state index in [1.54, 1.807) is 0 Å². The molecule has 0 bridgehead atoms. The Labute approximate surface area is 163 Å². The molecule has 0 heterocycles. The van der Waals surface area contributed by atoms with Crippen molar-refractivity contribution < 1.29 is 12.8 Å². The van der Waals surface area contributed by atoms with Crippen LogP contribution in [0.15, 0.2) is 47.4 Å². The van der Waals surface area contributed by atoms with Gasteiger partial charge in [0, 0.05) is 19.6 Å². The number of sulfonamides is 1. The highest BCUT2D eigenvalue weighted by Crippen LogP contribution is 2.32. The van der Waals surface area contributed by atoms with Crippen molar-refractivity contribution >= 4 is 45.6 Å². The maximum Gasteiger partial charge on any atom is 0.246 e. The number of nitrogens with zero attached hydrogens (tertiary/aromatic N) is 1. The monoisotopic (exact) mass is 426 g/mol. The summed E-state index contributed by atoms with van der Waals surface area (Å²) in [7, 11) is -3.99. The van der Waals surface area contributed by atoms with Crippen LogP contribution in [0.4, 0.5) is 4.39 Å². The second-order valence-electron chi connectivity index (χ2n) is 5.13. The van der Waals surface area contributed by atoms with Crippen LogP contribution in [0.25, 0.3) is 0 Å². The first-order chi connectivity index (χ1) is 11.4. The van der Waals surface area contributed by atoms with E-state index in [0.717, 1.165) is 17.7 Å². The third-order valence-corrected chi connectivity index (χ3v) is 6.25. The zero-order chi connectivity index (χ0) is 17.7. The largest absolute Gasteiger partial charge is 0.329 e. The smallest absolute Gasteiger partial charge is 0.246 e. The molecule has 9 heteroatoms. The van der Waals surface area contributed by atoms with Crippen molar-refractivity contribution in [1.82, 2.24) is 4.31 Å².